The molecule has 1 aliphatic heterocycles. The molecule has 0 bridgehead atoms. The van der Waals surface area contributed by atoms with Crippen LogP contribution in [0.5, 0.6) is 17.2 Å². The fraction of sp³-hybridized carbons (Fsp3) is 0.148. The van der Waals surface area contributed by atoms with Gasteiger partial charge in [-0.15, -0.1) is 0 Å². The molecule has 1 fully saturated rings. The molecule has 1 aliphatic rings. The summed E-state index contributed by atoms with van der Waals surface area (Å²) in [7, 11) is 1.33. The van der Waals surface area contributed by atoms with Crippen molar-refractivity contribution in [2.24, 2.45) is 0 Å². The van der Waals surface area contributed by atoms with Gasteiger partial charge in [0.05, 0.1) is 27.9 Å². The first kappa shape index (κ1) is 28.8. The van der Waals surface area contributed by atoms with Gasteiger partial charge in [0, 0.05) is 17.3 Å². The summed E-state index contributed by atoms with van der Waals surface area (Å²) >= 11 is 0.610. The second-order valence-corrected chi connectivity index (χ2v) is 9.51. The summed E-state index contributed by atoms with van der Waals surface area (Å²) in [6, 6.07) is 14.7. The van der Waals surface area contributed by atoms with Gasteiger partial charge in [0.2, 0.25) is 11.7 Å². The van der Waals surface area contributed by atoms with E-state index in [2.05, 4.69) is 5.32 Å². The van der Waals surface area contributed by atoms with Gasteiger partial charge >= 0.3 is 5.69 Å². The minimum atomic E-state index is -0.827. The van der Waals surface area contributed by atoms with Crippen LogP contribution in [0, 0.1) is 20.2 Å². The van der Waals surface area contributed by atoms with Crippen LogP contribution in [-0.4, -0.2) is 45.5 Å². The van der Waals surface area contributed by atoms with Crippen molar-refractivity contribution >= 4 is 52.0 Å². The highest BCUT2D eigenvalue weighted by Crippen LogP contribution is 2.42. The maximum Gasteiger partial charge on any atom is 0.318 e. The Kier molecular flexibility index (Phi) is 8.63. The van der Waals surface area contributed by atoms with Crippen LogP contribution in [0.2, 0.25) is 0 Å². The molecular weight excluding hydrogens is 556 g/mol. The Labute approximate surface area is 237 Å². The van der Waals surface area contributed by atoms with Crippen molar-refractivity contribution < 1.29 is 33.7 Å². The minimum Gasteiger partial charge on any atom is -0.493 e. The number of benzene rings is 3. The van der Waals surface area contributed by atoms with Crippen LogP contribution in [0.25, 0.3) is 6.08 Å². The van der Waals surface area contributed by atoms with Crippen LogP contribution >= 0.6 is 11.8 Å². The number of para-hydroxylation sites is 1. The van der Waals surface area contributed by atoms with Crippen LogP contribution in [0.3, 0.4) is 0 Å². The quantitative estimate of drug-likeness (QED) is 0.183. The summed E-state index contributed by atoms with van der Waals surface area (Å²) in [5.74, 6) is -1.48. The monoisotopic (exact) mass is 578 g/mol. The van der Waals surface area contributed by atoms with Crippen molar-refractivity contribution in [2.45, 2.75) is 13.3 Å². The molecule has 3 amide bonds. The Morgan fingerprint density at radius 2 is 1.76 bits per heavy atom. The summed E-state index contributed by atoms with van der Waals surface area (Å²) in [4.78, 5) is 60.1. The molecule has 0 aromatic heterocycles. The van der Waals surface area contributed by atoms with Crippen molar-refractivity contribution in [3.63, 3.8) is 0 Å². The lowest BCUT2D eigenvalue weighted by molar-refractivity contribution is -0.394. The van der Waals surface area contributed by atoms with E-state index in [1.54, 1.807) is 18.2 Å². The molecule has 4 rings (SSSR count). The summed E-state index contributed by atoms with van der Waals surface area (Å²) in [5, 5.41) is 24.7. The highest BCUT2D eigenvalue weighted by molar-refractivity contribution is 8.18. The molecule has 3 aromatic rings. The van der Waals surface area contributed by atoms with Gasteiger partial charge in [0.1, 0.15) is 6.54 Å². The number of nitrogens with one attached hydrogen (secondary N) is 1. The van der Waals surface area contributed by atoms with E-state index in [-0.39, 0.29) is 27.7 Å². The number of nitro benzene ring substituents is 2. The third-order valence-electron chi connectivity index (χ3n) is 5.90. The number of ether oxygens (including phenoxy) is 2. The Morgan fingerprint density at radius 1 is 1.02 bits per heavy atom. The predicted octanol–water partition coefficient (Wildman–Crippen LogP) is 5.54. The van der Waals surface area contributed by atoms with E-state index in [0.29, 0.717) is 17.4 Å². The molecule has 3 aromatic carbocycles. The number of imide groups is 1. The van der Waals surface area contributed by atoms with Crippen molar-refractivity contribution in [2.75, 3.05) is 19.0 Å². The molecule has 0 unspecified atom stereocenters. The number of anilines is 1. The average molecular weight is 579 g/mol. The zero-order valence-electron chi connectivity index (χ0n) is 21.7. The van der Waals surface area contributed by atoms with E-state index < -0.39 is 44.8 Å². The first-order valence-corrected chi connectivity index (χ1v) is 12.8. The number of rotatable bonds is 10. The number of carbonyl (C=O) groups excluding carboxylic acids is 3. The largest absolute Gasteiger partial charge is 0.493 e. The molecule has 210 valence electrons. The minimum absolute atomic E-state index is 0.0219. The van der Waals surface area contributed by atoms with Gasteiger partial charge in [0.15, 0.2) is 11.5 Å². The van der Waals surface area contributed by atoms with E-state index >= 15 is 0 Å². The van der Waals surface area contributed by atoms with E-state index in [4.69, 9.17) is 9.47 Å². The summed E-state index contributed by atoms with van der Waals surface area (Å²) in [5.41, 5.74) is 0.672. The SMILES string of the molecule is CCc1ccc(NC(=O)CN2C(=O)S/C(=C/c3cccc(OC)c3Oc3ccc([N+](=O)[O-])cc3[N+](=O)[O-])C2=O)cc1. The number of carbonyl (C=O) groups is 3. The zero-order valence-corrected chi connectivity index (χ0v) is 22.5. The molecule has 41 heavy (non-hydrogen) atoms. The van der Waals surface area contributed by atoms with Crippen LogP contribution in [0.4, 0.5) is 21.9 Å². The molecule has 14 heteroatoms. The van der Waals surface area contributed by atoms with E-state index in [0.717, 1.165) is 35.1 Å². The second kappa shape index (κ2) is 12.3. The standard InChI is InChI=1S/C27H22N4O9S/c1-3-16-7-9-18(10-8-16)28-24(32)15-29-26(33)23(41-27(29)34)13-17-5-4-6-22(39-2)25(17)40-21-12-11-19(30(35)36)14-20(21)31(37)38/h4-14H,3,15H2,1-2H3,(H,28,32)/b23-13+. The van der Waals surface area contributed by atoms with Gasteiger partial charge in [-0.25, -0.2) is 0 Å². The molecule has 0 aliphatic carbocycles. The van der Waals surface area contributed by atoms with E-state index in [9.17, 15) is 34.6 Å². The number of thioether (sulfide) groups is 1. The zero-order chi connectivity index (χ0) is 29.7. The number of hydrogen-bond donors (Lipinski definition) is 1. The number of hydrogen-bond acceptors (Lipinski definition) is 10. The van der Waals surface area contributed by atoms with Crippen LogP contribution in [-0.2, 0) is 16.0 Å². The summed E-state index contributed by atoms with van der Waals surface area (Å²) in [6.45, 7) is 1.50. The Hall–Kier alpha value is -5.24. The number of non-ortho nitro benzene ring substituents is 1. The van der Waals surface area contributed by atoms with Gasteiger partial charge in [-0.05, 0) is 54.1 Å². The smallest absolute Gasteiger partial charge is 0.318 e. The molecule has 1 heterocycles. The Balaban J connectivity index is 1.59. The number of nitro groups is 2. The average Bonchev–Trinajstić information content (AvgIpc) is 3.21. The third-order valence-corrected chi connectivity index (χ3v) is 6.81. The second-order valence-electron chi connectivity index (χ2n) is 8.51. The number of amides is 3. The molecule has 0 saturated carbocycles. The highest BCUT2D eigenvalue weighted by atomic mass is 32.2. The lowest BCUT2D eigenvalue weighted by Gasteiger charge is -2.14. The molecule has 1 N–H and O–H groups in total. The topological polar surface area (TPSA) is 171 Å². The normalized spacial score (nSPS) is 13.8. The Bertz CT molecular complexity index is 1590. The van der Waals surface area contributed by atoms with Crippen molar-refractivity contribution in [3.05, 3.63) is 96.9 Å². The molecule has 0 atom stereocenters. The van der Waals surface area contributed by atoms with Crippen LogP contribution < -0.4 is 14.8 Å². The fourth-order valence-electron chi connectivity index (χ4n) is 3.82. The molecule has 1 saturated heterocycles. The molecule has 0 radical (unpaired) electrons. The van der Waals surface area contributed by atoms with E-state index in [1.165, 1.54) is 25.3 Å². The maximum absolute atomic E-state index is 13.1. The van der Waals surface area contributed by atoms with E-state index in [1.807, 2.05) is 19.1 Å². The van der Waals surface area contributed by atoms with Crippen molar-refractivity contribution in [1.29, 1.82) is 0 Å². The summed E-state index contributed by atoms with van der Waals surface area (Å²) < 4.78 is 11.1. The van der Waals surface area contributed by atoms with Gasteiger partial charge in [0.25, 0.3) is 16.8 Å². The van der Waals surface area contributed by atoms with Crippen molar-refractivity contribution in [3.8, 4) is 17.2 Å². The van der Waals surface area contributed by atoms with Gasteiger partial charge in [-0.3, -0.25) is 39.5 Å². The van der Waals surface area contributed by atoms with Crippen LogP contribution in [0.1, 0.15) is 18.1 Å². The first-order chi connectivity index (χ1) is 19.6. The Morgan fingerprint density at radius 3 is 2.39 bits per heavy atom. The lowest BCUT2D eigenvalue weighted by atomic mass is 10.1. The fourth-order valence-corrected chi connectivity index (χ4v) is 4.65. The highest BCUT2D eigenvalue weighted by Gasteiger charge is 2.36. The number of nitrogens with zero attached hydrogens (tertiary/aromatic N) is 3. The molecular formula is C27H22N4O9S. The van der Waals surface area contributed by atoms with Gasteiger partial charge in [-0.2, -0.15) is 0 Å². The number of aryl methyl sites for hydroxylation is 1. The number of methoxy groups -OCH3 is 1. The van der Waals surface area contributed by atoms with Crippen molar-refractivity contribution in [1.82, 2.24) is 4.90 Å². The molecule has 13 nitrogen and oxygen atoms in total. The first-order valence-electron chi connectivity index (χ1n) is 12.0. The third kappa shape index (κ3) is 6.50. The summed E-state index contributed by atoms with van der Waals surface area (Å²) in [6.07, 6.45) is 2.17. The van der Waals surface area contributed by atoms with Gasteiger partial charge in [-0.1, -0.05) is 31.2 Å². The maximum atomic E-state index is 13.1. The van der Waals surface area contributed by atoms with Crippen LogP contribution in [0.15, 0.2) is 65.6 Å². The lowest BCUT2D eigenvalue weighted by Crippen LogP contribution is -2.36. The van der Waals surface area contributed by atoms with Gasteiger partial charge < -0.3 is 14.8 Å². The molecule has 0 spiro atoms. The predicted molar refractivity (Wildman–Crippen MR) is 150 cm³/mol.